The molecule has 0 saturated heterocycles. The zero-order valence-corrected chi connectivity index (χ0v) is 14.2. The predicted molar refractivity (Wildman–Crippen MR) is 87.7 cm³/mol. The number of fused-ring (bicyclic) bond motifs is 1. The minimum Gasteiger partial charge on any atom is -0.459 e. The maximum Gasteiger partial charge on any atom is 0.307 e. The van der Waals surface area contributed by atoms with E-state index in [-0.39, 0.29) is 31.1 Å². The molecule has 3 aromatic heterocycles. The summed E-state index contributed by atoms with van der Waals surface area (Å²) in [6, 6.07) is 0. The molecular weight excluding hydrogens is 336 g/mol. The van der Waals surface area contributed by atoms with Crippen molar-refractivity contribution < 1.29 is 9.53 Å². The largest absolute Gasteiger partial charge is 0.459 e. The number of ether oxygens (including phenoxy) is 1. The highest BCUT2D eigenvalue weighted by Crippen LogP contribution is 2.25. The van der Waals surface area contributed by atoms with Crippen molar-refractivity contribution in [2.45, 2.75) is 33.4 Å². The fourth-order valence-corrected chi connectivity index (χ4v) is 3.54. The summed E-state index contributed by atoms with van der Waals surface area (Å²) in [4.78, 5) is 30.4. The number of nitrogens with zero attached hydrogens (tertiary/aromatic N) is 4. The molecule has 23 heavy (non-hydrogen) atoms. The number of aromatic nitrogens is 4. The summed E-state index contributed by atoms with van der Waals surface area (Å²) >= 11 is 2.71. The van der Waals surface area contributed by atoms with Crippen LogP contribution in [0.15, 0.2) is 16.5 Å². The Morgan fingerprint density at radius 3 is 2.96 bits per heavy atom. The molecule has 0 spiro atoms. The molecular formula is C14H14N4O3S2. The van der Waals surface area contributed by atoms with Gasteiger partial charge < -0.3 is 4.74 Å². The van der Waals surface area contributed by atoms with E-state index in [4.69, 9.17) is 4.74 Å². The molecule has 0 aliphatic heterocycles. The van der Waals surface area contributed by atoms with Crippen molar-refractivity contribution in [1.82, 2.24) is 19.1 Å². The van der Waals surface area contributed by atoms with Crippen molar-refractivity contribution >= 4 is 39.1 Å². The highest BCUT2D eigenvalue weighted by Gasteiger charge is 2.13. The van der Waals surface area contributed by atoms with E-state index in [1.54, 1.807) is 5.38 Å². The number of carbonyl (C=O) groups is 1. The molecule has 0 atom stereocenters. The summed E-state index contributed by atoms with van der Waals surface area (Å²) in [6.45, 7) is 4.22. The molecule has 0 N–H and O–H groups in total. The molecule has 0 unspecified atom stereocenters. The van der Waals surface area contributed by atoms with Crippen LogP contribution in [0.25, 0.3) is 10.2 Å². The van der Waals surface area contributed by atoms with Crippen molar-refractivity contribution in [3.63, 3.8) is 0 Å². The van der Waals surface area contributed by atoms with Crippen LogP contribution in [0.1, 0.15) is 22.6 Å². The number of hydrogen-bond acceptors (Lipinski definition) is 8. The fraction of sp³-hybridized carbons (Fsp3) is 0.357. The molecule has 3 heterocycles. The van der Waals surface area contributed by atoms with Crippen LogP contribution in [0.5, 0.6) is 0 Å². The molecule has 7 nitrogen and oxygen atoms in total. The summed E-state index contributed by atoms with van der Waals surface area (Å²) in [5.41, 5.74) is 1.46. The number of esters is 1. The number of hydrogen-bond donors (Lipinski definition) is 0. The minimum absolute atomic E-state index is 0.102. The van der Waals surface area contributed by atoms with Crippen LogP contribution >= 0.6 is 22.9 Å². The van der Waals surface area contributed by atoms with Gasteiger partial charge in [0.1, 0.15) is 17.1 Å². The first-order valence-electron chi connectivity index (χ1n) is 6.93. The Kier molecular flexibility index (Phi) is 4.49. The molecule has 0 saturated carbocycles. The van der Waals surface area contributed by atoms with Crippen LogP contribution in [0.3, 0.4) is 0 Å². The van der Waals surface area contributed by atoms with Crippen LogP contribution in [0.2, 0.25) is 0 Å². The zero-order chi connectivity index (χ0) is 16.4. The summed E-state index contributed by atoms with van der Waals surface area (Å²) < 4.78 is 10.2. The van der Waals surface area contributed by atoms with Crippen LogP contribution < -0.4 is 5.56 Å². The zero-order valence-electron chi connectivity index (χ0n) is 12.6. The van der Waals surface area contributed by atoms with Gasteiger partial charge in [0.05, 0.1) is 18.1 Å². The molecule has 0 fully saturated rings. The van der Waals surface area contributed by atoms with Crippen molar-refractivity contribution in [3.05, 3.63) is 38.2 Å². The third kappa shape index (κ3) is 3.30. The topological polar surface area (TPSA) is 87.0 Å². The molecule has 0 radical (unpaired) electrons. The van der Waals surface area contributed by atoms with Crippen LogP contribution in [-0.2, 0) is 22.7 Å². The van der Waals surface area contributed by atoms with Crippen molar-refractivity contribution in [2.75, 3.05) is 0 Å². The second kappa shape index (κ2) is 6.55. The lowest BCUT2D eigenvalue weighted by atomic mass is 10.2. The van der Waals surface area contributed by atoms with E-state index in [1.165, 1.54) is 33.8 Å². The van der Waals surface area contributed by atoms with Gasteiger partial charge >= 0.3 is 5.97 Å². The number of carbonyl (C=O) groups excluding carboxylic acids is 1. The normalized spacial score (nSPS) is 11.0. The van der Waals surface area contributed by atoms with Crippen molar-refractivity contribution in [3.8, 4) is 0 Å². The third-order valence-electron chi connectivity index (χ3n) is 3.50. The molecule has 3 aromatic rings. The lowest BCUT2D eigenvalue weighted by Crippen LogP contribution is -2.22. The summed E-state index contributed by atoms with van der Waals surface area (Å²) in [5.74, 6) is -0.386. The second-order valence-electron chi connectivity index (χ2n) is 5.01. The van der Waals surface area contributed by atoms with E-state index in [0.29, 0.717) is 11.1 Å². The Morgan fingerprint density at radius 1 is 1.39 bits per heavy atom. The Morgan fingerprint density at radius 2 is 2.22 bits per heavy atom. The van der Waals surface area contributed by atoms with Gasteiger partial charge in [-0.25, -0.2) is 4.98 Å². The van der Waals surface area contributed by atoms with E-state index < -0.39 is 0 Å². The monoisotopic (exact) mass is 350 g/mol. The van der Waals surface area contributed by atoms with E-state index in [1.807, 2.05) is 13.8 Å². The van der Waals surface area contributed by atoms with Gasteiger partial charge in [-0.15, -0.1) is 16.4 Å². The average molecular weight is 350 g/mol. The SMILES string of the molecule is Cc1sc2ncn(CCC(=O)OCc3csnn3)c(=O)c2c1C. The number of aryl methyl sites for hydroxylation is 3. The van der Waals surface area contributed by atoms with Crippen LogP contribution in [0.4, 0.5) is 0 Å². The summed E-state index contributed by atoms with van der Waals surface area (Å²) in [7, 11) is 0. The summed E-state index contributed by atoms with van der Waals surface area (Å²) in [5, 5.41) is 6.15. The van der Waals surface area contributed by atoms with Crippen LogP contribution in [0, 0.1) is 13.8 Å². The Balaban J connectivity index is 1.67. The first-order valence-corrected chi connectivity index (χ1v) is 8.58. The predicted octanol–water partition coefficient (Wildman–Crippen LogP) is 2.06. The molecule has 3 rings (SSSR count). The maximum atomic E-state index is 12.5. The highest BCUT2D eigenvalue weighted by atomic mass is 32.1. The van der Waals surface area contributed by atoms with E-state index in [9.17, 15) is 9.59 Å². The van der Waals surface area contributed by atoms with Crippen molar-refractivity contribution in [1.29, 1.82) is 0 Å². The quantitative estimate of drug-likeness (QED) is 0.655. The first kappa shape index (κ1) is 15.8. The van der Waals surface area contributed by atoms with Crippen LogP contribution in [-0.4, -0.2) is 25.1 Å². The molecule has 0 aliphatic rings. The minimum atomic E-state index is -0.386. The smallest absolute Gasteiger partial charge is 0.307 e. The Labute approximate surface area is 139 Å². The lowest BCUT2D eigenvalue weighted by Gasteiger charge is -2.05. The molecule has 9 heteroatoms. The Bertz CT molecular complexity index is 899. The fourth-order valence-electron chi connectivity index (χ4n) is 2.11. The standard InChI is InChI=1S/C14H14N4O3S2/c1-8-9(2)23-13-12(8)14(20)18(7-15-13)4-3-11(19)21-5-10-6-22-17-16-10/h6-7H,3-5H2,1-2H3. The van der Waals surface area contributed by atoms with Gasteiger partial charge in [-0.05, 0) is 30.9 Å². The lowest BCUT2D eigenvalue weighted by molar-refractivity contribution is -0.145. The number of thiophene rings is 1. The first-order chi connectivity index (χ1) is 11.1. The maximum absolute atomic E-state index is 12.5. The van der Waals surface area contributed by atoms with E-state index in [2.05, 4.69) is 14.6 Å². The third-order valence-corrected chi connectivity index (χ3v) is 5.17. The van der Waals surface area contributed by atoms with Gasteiger partial charge in [-0.1, -0.05) is 4.49 Å². The van der Waals surface area contributed by atoms with Gasteiger partial charge in [0.25, 0.3) is 5.56 Å². The molecule has 0 aliphatic carbocycles. The average Bonchev–Trinajstić information content (AvgIpc) is 3.14. The molecule has 0 amide bonds. The number of rotatable bonds is 5. The van der Waals surface area contributed by atoms with Gasteiger partial charge in [0, 0.05) is 16.8 Å². The Hall–Kier alpha value is -2.13. The van der Waals surface area contributed by atoms with Gasteiger partial charge in [0.2, 0.25) is 0 Å². The van der Waals surface area contributed by atoms with Gasteiger partial charge in [-0.2, -0.15) is 0 Å². The molecule has 120 valence electrons. The molecule has 0 bridgehead atoms. The van der Waals surface area contributed by atoms with Gasteiger partial charge in [0.15, 0.2) is 0 Å². The second-order valence-corrected chi connectivity index (χ2v) is 6.83. The highest BCUT2D eigenvalue weighted by molar-refractivity contribution is 7.18. The molecule has 0 aromatic carbocycles. The summed E-state index contributed by atoms with van der Waals surface area (Å²) in [6.07, 6.45) is 1.59. The van der Waals surface area contributed by atoms with E-state index in [0.717, 1.165) is 15.3 Å². The van der Waals surface area contributed by atoms with Crippen molar-refractivity contribution in [2.24, 2.45) is 0 Å². The van der Waals surface area contributed by atoms with Gasteiger partial charge in [-0.3, -0.25) is 14.2 Å². The van der Waals surface area contributed by atoms with E-state index >= 15 is 0 Å².